The molecule has 30 heavy (non-hydrogen) atoms. The molecule has 0 saturated carbocycles. The highest BCUT2D eigenvalue weighted by molar-refractivity contribution is 9.10. The highest BCUT2D eigenvalue weighted by Crippen LogP contribution is 2.38. The van der Waals surface area contributed by atoms with E-state index in [-0.39, 0.29) is 23.4 Å². The van der Waals surface area contributed by atoms with Crippen molar-refractivity contribution in [3.05, 3.63) is 67.3 Å². The SMILES string of the molecule is COc1cc(/C=C2\N=C(c3ccc([N+](=O)[O-])c(C)c3)OC2=O)cc(Br)c1OC(C)C. The number of nitrogens with zero attached hydrogens (tertiary/aromatic N) is 2. The second-order valence-electron chi connectivity index (χ2n) is 6.80. The first-order valence-electron chi connectivity index (χ1n) is 9.01. The zero-order valence-corrected chi connectivity index (χ0v) is 18.3. The van der Waals surface area contributed by atoms with Crippen LogP contribution in [0.4, 0.5) is 5.69 Å². The van der Waals surface area contributed by atoms with Crippen molar-refractivity contribution in [1.82, 2.24) is 0 Å². The number of rotatable bonds is 6. The zero-order chi connectivity index (χ0) is 22.0. The number of carbonyl (C=O) groups is 1. The number of cyclic esters (lactones) is 1. The monoisotopic (exact) mass is 474 g/mol. The maximum atomic E-state index is 12.3. The third-order valence-electron chi connectivity index (χ3n) is 4.17. The van der Waals surface area contributed by atoms with Crippen LogP contribution in [0.3, 0.4) is 0 Å². The average molecular weight is 475 g/mol. The van der Waals surface area contributed by atoms with Crippen LogP contribution in [-0.4, -0.2) is 30.0 Å². The van der Waals surface area contributed by atoms with Gasteiger partial charge in [0.1, 0.15) is 0 Å². The number of aliphatic imine (C=N–C) groups is 1. The van der Waals surface area contributed by atoms with Crippen LogP contribution in [0.1, 0.15) is 30.5 Å². The van der Waals surface area contributed by atoms with E-state index in [1.54, 1.807) is 31.2 Å². The van der Waals surface area contributed by atoms with E-state index in [1.807, 2.05) is 13.8 Å². The molecule has 0 N–H and O–H groups in total. The molecule has 0 bridgehead atoms. The molecule has 3 rings (SSSR count). The molecule has 1 heterocycles. The van der Waals surface area contributed by atoms with Gasteiger partial charge in [-0.15, -0.1) is 0 Å². The lowest BCUT2D eigenvalue weighted by Crippen LogP contribution is -2.07. The van der Waals surface area contributed by atoms with E-state index in [2.05, 4.69) is 20.9 Å². The number of halogens is 1. The van der Waals surface area contributed by atoms with Gasteiger partial charge < -0.3 is 14.2 Å². The summed E-state index contributed by atoms with van der Waals surface area (Å²) in [6.07, 6.45) is 1.53. The summed E-state index contributed by atoms with van der Waals surface area (Å²) in [6.45, 7) is 5.43. The topological polar surface area (TPSA) is 100 Å². The van der Waals surface area contributed by atoms with E-state index >= 15 is 0 Å². The van der Waals surface area contributed by atoms with Crippen LogP contribution in [0.15, 0.2) is 45.5 Å². The summed E-state index contributed by atoms with van der Waals surface area (Å²) in [7, 11) is 1.53. The number of nitro benzene ring substituents is 1. The fraction of sp³-hybridized carbons (Fsp3) is 0.238. The minimum atomic E-state index is -0.612. The first-order valence-corrected chi connectivity index (χ1v) is 9.81. The van der Waals surface area contributed by atoms with Crippen molar-refractivity contribution < 1.29 is 23.9 Å². The predicted octanol–water partition coefficient (Wildman–Crippen LogP) is 4.81. The summed E-state index contributed by atoms with van der Waals surface area (Å²) >= 11 is 3.47. The van der Waals surface area contributed by atoms with Gasteiger partial charge in [0.25, 0.3) is 5.69 Å². The normalized spacial score (nSPS) is 14.7. The van der Waals surface area contributed by atoms with E-state index in [9.17, 15) is 14.9 Å². The highest BCUT2D eigenvalue weighted by Gasteiger charge is 2.25. The molecule has 0 saturated heterocycles. The van der Waals surface area contributed by atoms with Gasteiger partial charge in [-0.1, -0.05) is 0 Å². The number of hydrogen-bond acceptors (Lipinski definition) is 7. The predicted molar refractivity (Wildman–Crippen MR) is 115 cm³/mol. The number of ether oxygens (including phenoxy) is 3. The second-order valence-corrected chi connectivity index (χ2v) is 7.65. The van der Waals surface area contributed by atoms with Gasteiger partial charge in [-0.3, -0.25) is 10.1 Å². The Kier molecular flexibility index (Phi) is 6.21. The molecule has 2 aromatic carbocycles. The fourth-order valence-electron chi connectivity index (χ4n) is 2.86. The number of carbonyl (C=O) groups excluding carboxylic acids is 1. The van der Waals surface area contributed by atoms with Gasteiger partial charge in [-0.05, 0) is 72.6 Å². The Hall–Kier alpha value is -3.20. The lowest BCUT2D eigenvalue weighted by molar-refractivity contribution is -0.385. The first-order chi connectivity index (χ1) is 14.2. The van der Waals surface area contributed by atoms with E-state index in [0.29, 0.717) is 32.7 Å². The molecule has 156 valence electrons. The fourth-order valence-corrected chi connectivity index (χ4v) is 3.41. The third kappa shape index (κ3) is 4.51. The molecule has 0 fully saturated rings. The van der Waals surface area contributed by atoms with Gasteiger partial charge in [0, 0.05) is 17.2 Å². The Morgan fingerprint density at radius 3 is 2.60 bits per heavy atom. The maximum absolute atomic E-state index is 12.3. The molecule has 0 spiro atoms. The molecule has 0 unspecified atom stereocenters. The summed E-state index contributed by atoms with van der Waals surface area (Å²) < 4.78 is 17.1. The Bertz CT molecular complexity index is 1090. The second kappa shape index (κ2) is 8.66. The number of methoxy groups -OCH3 is 1. The van der Waals surface area contributed by atoms with Gasteiger partial charge in [-0.2, -0.15) is 0 Å². The van der Waals surface area contributed by atoms with Crippen LogP contribution in [0.25, 0.3) is 6.08 Å². The van der Waals surface area contributed by atoms with E-state index in [0.717, 1.165) is 0 Å². The van der Waals surface area contributed by atoms with Crippen molar-refractivity contribution in [2.45, 2.75) is 26.9 Å². The Morgan fingerprint density at radius 1 is 1.27 bits per heavy atom. The van der Waals surface area contributed by atoms with Crippen LogP contribution in [-0.2, 0) is 9.53 Å². The third-order valence-corrected chi connectivity index (χ3v) is 4.76. The first kappa shape index (κ1) is 21.5. The van der Waals surface area contributed by atoms with Crippen molar-refractivity contribution in [3.63, 3.8) is 0 Å². The molecule has 2 aromatic rings. The van der Waals surface area contributed by atoms with Crippen LogP contribution in [0.5, 0.6) is 11.5 Å². The molecule has 0 aliphatic carbocycles. The van der Waals surface area contributed by atoms with Crippen LogP contribution < -0.4 is 9.47 Å². The van der Waals surface area contributed by atoms with Gasteiger partial charge in [0.15, 0.2) is 17.2 Å². The quantitative estimate of drug-likeness (QED) is 0.257. The molecule has 0 radical (unpaired) electrons. The van der Waals surface area contributed by atoms with Crippen molar-refractivity contribution in [3.8, 4) is 11.5 Å². The zero-order valence-electron chi connectivity index (χ0n) is 16.8. The Balaban J connectivity index is 1.95. The summed E-state index contributed by atoms with van der Waals surface area (Å²) in [4.78, 5) is 27.1. The van der Waals surface area contributed by atoms with Gasteiger partial charge >= 0.3 is 5.97 Å². The summed E-state index contributed by atoms with van der Waals surface area (Å²) in [6, 6.07) is 7.93. The Morgan fingerprint density at radius 2 is 2.00 bits per heavy atom. The maximum Gasteiger partial charge on any atom is 0.363 e. The molecule has 0 atom stereocenters. The van der Waals surface area contributed by atoms with Crippen LogP contribution in [0.2, 0.25) is 0 Å². The Labute approximate surface area is 181 Å². The summed E-state index contributed by atoms with van der Waals surface area (Å²) in [5.41, 5.74) is 1.68. The number of esters is 1. The van der Waals surface area contributed by atoms with Crippen LogP contribution >= 0.6 is 15.9 Å². The molecule has 1 aliphatic rings. The number of aryl methyl sites for hydroxylation is 1. The molecular weight excluding hydrogens is 456 g/mol. The lowest BCUT2D eigenvalue weighted by Gasteiger charge is -2.15. The van der Waals surface area contributed by atoms with Crippen molar-refractivity contribution in [2.24, 2.45) is 4.99 Å². The molecule has 8 nitrogen and oxygen atoms in total. The van der Waals surface area contributed by atoms with Crippen molar-refractivity contribution in [1.29, 1.82) is 0 Å². The van der Waals surface area contributed by atoms with Gasteiger partial charge in [-0.25, -0.2) is 9.79 Å². The highest BCUT2D eigenvalue weighted by atomic mass is 79.9. The number of benzene rings is 2. The van der Waals surface area contributed by atoms with E-state index in [4.69, 9.17) is 14.2 Å². The van der Waals surface area contributed by atoms with Crippen molar-refractivity contribution in [2.75, 3.05) is 7.11 Å². The van der Waals surface area contributed by atoms with Gasteiger partial charge in [0.2, 0.25) is 5.90 Å². The van der Waals surface area contributed by atoms with Gasteiger partial charge in [0.05, 0.1) is 22.6 Å². The standard InChI is InChI=1S/C21H19BrN2O6/c1-11(2)29-19-15(22)8-13(10-18(19)28-4)9-16-21(25)30-20(23-16)14-5-6-17(24(26)27)12(3)7-14/h5-11H,1-4H3/b16-9-. The molecule has 1 aliphatic heterocycles. The minimum absolute atomic E-state index is 0.0138. The molecule has 0 amide bonds. The molecule has 0 aromatic heterocycles. The molecule has 9 heteroatoms. The van der Waals surface area contributed by atoms with Crippen molar-refractivity contribution >= 4 is 39.6 Å². The van der Waals surface area contributed by atoms with Crippen LogP contribution in [0, 0.1) is 17.0 Å². The lowest BCUT2D eigenvalue weighted by atomic mass is 10.1. The van der Waals surface area contributed by atoms with E-state index in [1.165, 1.54) is 19.2 Å². The van der Waals surface area contributed by atoms with E-state index < -0.39 is 10.9 Å². The smallest absolute Gasteiger partial charge is 0.363 e. The summed E-state index contributed by atoms with van der Waals surface area (Å²) in [5, 5.41) is 11.0. The summed E-state index contributed by atoms with van der Waals surface area (Å²) in [5.74, 6) is 0.550. The minimum Gasteiger partial charge on any atom is -0.493 e. The number of nitro groups is 1. The average Bonchev–Trinajstić information content (AvgIpc) is 3.03. The number of hydrogen-bond donors (Lipinski definition) is 0. The molecular formula is C21H19BrN2O6. The largest absolute Gasteiger partial charge is 0.493 e.